The highest BCUT2D eigenvalue weighted by molar-refractivity contribution is 5.76. The predicted molar refractivity (Wildman–Crippen MR) is 99.6 cm³/mol. The van der Waals surface area contributed by atoms with Gasteiger partial charge < -0.3 is 10.0 Å². The maximum absolute atomic E-state index is 12.3. The van der Waals surface area contributed by atoms with Crippen LogP contribution in [0.15, 0.2) is 36.4 Å². The molecule has 0 aromatic heterocycles. The molecule has 0 unspecified atom stereocenters. The minimum atomic E-state index is -0.388. The van der Waals surface area contributed by atoms with Gasteiger partial charge in [0.25, 0.3) is 0 Å². The van der Waals surface area contributed by atoms with Crippen molar-refractivity contribution in [1.29, 1.82) is 0 Å². The molecule has 0 heterocycles. The molecule has 0 radical (unpaired) electrons. The van der Waals surface area contributed by atoms with Gasteiger partial charge in [-0.05, 0) is 43.6 Å². The van der Waals surface area contributed by atoms with Crippen molar-refractivity contribution in [3.63, 3.8) is 0 Å². The van der Waals surface area contributed by atoms with Gasteiger partial charge in [-0.25, -0.2) is 0 Å². The van der Waals surface area contributed by atoms with E-state index in [-0.39, 0.29) is 23.8 Å². The molecule has 1 aliphatic rings. The van der Waals surface area contributed by atoms with Crippen molar-refractivity contribution >= 4 is 12.2 Å². The van der Waals surface area contributed by atoms with Crippen molar-refractivity contribution in [3.05, 3.63) is 47.5 Å². The van der Waals surface area contributed by atoms with Crippen LogP contribution in [0.3, 0.4) is 0 Å². The van der Waals surface area contributed by atoms with E-state index >= 15 is 0 Å². The van der Waals surface area contributed by atoms with Crippen molar-refractivity contribution < 1.29 is 14.7 Å². The van der Waals surface area contributed by atoms with Crippen molar-refractivity contribution in [3.8, 4) is 0 Å². The van der Waals surface area contributed by atoms with Crippen LogP contribution in [-0.2, 0) is 4.79 Å². The molecule has 4 nitrogen and oxygen atoms in total. The Balaban J connectivity index is 2.32. The number of allylic oxidation sites excluding steroid dienone is 1. The second-order valence-electron chi connectivity index (χ2n) is 7.71. The average Bonchev–Trinajstić information content (AvgIpc) is 2.61. The van der Waals surface area contributed by atoms with Crippen LogP contribution in [-0.4, -0.2) is 42.9 Å². The molecule has 0 saturated heterocycles. The lowest BCUT2D eigenvalue weighted by Gasteiger charge is -2.44. The summed E-state index contributed by atoms with van der Waals surface area (Å²) in [6.45, 7) is 6.22. The van der Waals surface area contributed by atoms with Crippen LogP contribution >= 0.6 is 0 Å². The molecule has 0 spiro atoms. The molecule has 1 N–H and O–H groups in total. The zero-order valence-electron chi connectivity index (χ0n) is 15.5. The molecule has 25 heavy (non-hydrogen) atoms. The zero-order chi connectivity index (χ0) is 18.6. The third kappa shape index (κ3) is 4.37. The largest absolute Gasteiger partial charge is 0.396 e. The van der Waals surface area contributed by atoms with Gasteiger partial charge in [0, 0.05) is 38.1 Å². The summed E-state index contributed by atoms with van der Waals surface area (Å²) in [6.07, 6.45) is 3.69. The molecule has 0 aliphatic heterocycles. The summed E-state index contributed by atoms with van der Waals surface area (Å²) in [5.74, 6) is 0.586. The molecule has 1 saturated carbocycles. The Morgan fingerprint density at radius 3 is 2.48 bits per heavy atom. The maximum atomic E-state index is 12.3. The van der Waals surface area contributed by atoms with Gasteiger partial charge in [0.05, 0.1) is 0 Å². The van der Waals surface area contributed by atoms with E-state index in [0.717, 1.165) is 36.7 Å². The van der Waals surface area contributed by atoms with Crippen LogP contribution in [0, 0.1) is 11.3 Å². The van der Waals surface area contributed by atoms with Gasteiger partial charge in [-0.15, -0.1) is 0 Å². The average molecular weight is 343 g/mol. The molecule has 3 atom stereocenters. The van der Waals surface area contributed by atoms with E-state index in [0.29, 0.717) is 17.9 Å². The number of amides is 1. The van der Waals surface area contributed by atoms with Crippen LogP contribution in [0.25, 0.3) is 0 Å². The molecule has 1 fully saturated rings. The van der Waals surface area contributed by atoms with Gasteiger partial charge in [0.1, 0.15) is 6.29 Å². The fourth-order valence-electron chi connectivity index (χ4n) is 3.97. The van der Waals surface area contributed by atoms with Gasteiger partial charge in [0.15, 0.2) is 0 Å². The summed E-state index contributed by atoms with van der Waals surface area (Å²) in [5, 5.41) is 10.1. The lowest BCUT2D eigenvalue weighted by Crippen LogP contribution is -2.40. The number of aliphatic hydroxyl groups is 1. The Labute approximate surface area is 150 Å². The first-order valence-corrected chi connectivity index (χ1v) is 8.83. The summed E-state index contributed by atoms with van der Waals surface area (Å²) in [4.78, 5) is 24.8. The molecule has 0 bridgehead atoms. The molecule has 1 aliphatic carbocycles. The second-order valence-corrected chi connectivity index (χ2v) is 7.71. The van der Waals surface area contributed by atoms with Crippen LogP contribution in [0.1, 0.15) is 54.4 Å². The van der Waals surface area contributed by atoms with E-state index in [1.807, 2.05) is 31.2 Å². The van der Waals surface area contributed by atoms with Crippen LogP contribution in [0.2, 0.25) is 0 Å². The topological polar surface area (TPSA) is 57.6 Å². The monoisotopic (exact) mass is 343 g/mol. The minimum absolute atomic E-state index is 0.0123. The first-order valence-electron chi connectivity index (χ1n) is 8.83. The van der Waals surface area contributed by atoms with Gasteiger partial charge in [0.2, 0.25) is 5.91 Å². The van der Waals surface area contributed by atoms with Crippen LogP contribution in [0.5, 0.6) is 0 Å². The smallest absolute Gasteiger partial charge is 0.222 e. The summed E-state index contributed by atoms with van der Waals surface area (Å²) in [5.41, 5.74) is 2.55. The lowest BCUT2D eigenvalue weighted by molar-refractivity contribution is -0.133. The molecule has 4 heteroatoms. The Hall–Kier alpha value is -1.94. The highest BCUT2D eigenvalue weighted by Gasteiger charge is 2.42. The zero-order valence-corrected chi connectivity index (χ0v) is 15.5. The Bertz CT molecular complexity index is 635. The number of benzene rings is 1. The molecule has 1 aromatic carbocycles. The van der Waals surface area contributed by atoms with E-state index in [2.05, 4.69) is 6.58 Å². The van der Waals surface area contributed by atoms with Gasteiger partial charge in [-0.3, -0.25) is 9.59 Å². The number of hydrogen-bond acceptors (Lipinski definition) is 3. The highest BCUT2D eigenvalue weighted by Crippen LogP contribution is 2.50. The van der Waals surface area contributed by atoms with E-state index in [1.165, 1.54) is 0 Å². The predicted octanol–water partition coefficient (Wildman–Crippen LogP) is 3.42. The molecule has 2 rings (SSSR count). The second kappa shape index (κ2) is 7.96. The first-order chi connectivity index (χ1) is 11.8. The maximum Gasteiger partial charge on any atom is 0.222 e. The number of nitrogens with zero attached hydrogens (tertiary/aromatic N) is 1. The number of hydrogen-bond donors (Lipinski definition) is 1. The number of carbonyl (C=O) groups is 2. The molecule has 1 amide bonds. The number of aliphatic hydroxyl groups excluding tert-OH is 1. The third-order valence-electron chi connectivity index (χ3n) is 5.62. The Kier molecular flexibility index (Phi) is 6.17. The number of carbonyl (C=O) groups excluding carboxylic acids is 2. The molecule has 1 aromatic rings. The Morgan fingerprint density at radius 2 is 2.00 bits per heavy atom. The standard InChI is InChI=1S/C21H29NO3/c1-15(2)18-9-10-21(14-24,12-20(25)22(3)4)11-19(18)17-7-5-16(13-23)6-8-17/h5-8,13,18-19,24H,1,9-12,14H2,2-4H3/t18-,19-,21-/m0/s1. The normalized spacial score (nSPS) is 26.1. The lowest BCUT2D eigenvalue weighted by atomic mass is 9.61. The summed E-state index contributed by atoms with van der Waals surface area (Å²) < 4.78 is 0. The molecular weight excluding hydrogens is 314 g/mol. The molecular formula is C21H29NO3. The summed E-state index contributed by atoms with van der Waals surface area (Å²) >= 11 is 0. The van der Waals surface area contributed by atoms with E-state index in [4.69, 9.17) is 0 Å². The van der Waals surface area contributed by atoms with Gasteiger partial charge >= 0.3 is 0 Å². The Morgan fingerprint density at radius 1 is 1.36 bits per heavy atom. The van der Waals surface area contributed by atoms with E-state index in [1.54, 1.807) is 19.0 Å². The third-order valence-corrected chi connectivity index (χ3v) is 5.62. The first kappa shape index (κ1) is 19.4. The summed E-state index contributed by atoms with van der Waals surface area (Å²) in [6, 6.07) is 7.65. The van der Waals surface area contributed by atoms with Crippen molar-refractivity contribution in [2.45, 2.75) is 38.5 Å². The van der Waals surface area contributed by atoms with Crippen LogP contribution < -0.4 is 0 Å². The molecule has 136 valence electrons. The van der Waals surface area contributed by atoms with Crippen molar-refractivity contribution in [2.75, 3.05) is 20.7 Å². The fraction of sp³-hybridized carbons (Fsp3) is 0.524. The number of aldehydes is 1. The van der Waals surface area contributed by atoms with E-state index < -0.39 is 0 Å². The van der Waals surface area contributed by atoms with Gasteiger partial charge in [-0.2, -0.15) is 0 Å². The quantitative estimate of drug-likeness (QED) is 0.636. The highest BCUT2D eigenvalue weighted by atomic mass is 16.3. The van der Waals surface area contributed by atoms with Crippen molar-refractivity contribution in [2.24, 2.45) is 11.3 Å². The summed E-state index contributed by atoms with van der Waals surface area (Å²) in [7, 11) is 3.51. The van der Waals surface area contributed by atoms with E-state index in [9.17, 15) is 14.7 Å². The van der Waals surface area contributed by atoms with Crippen LogP contribution in [0.4, 0.5) is 0 Å². The SMILES string of the molecule is C=C(C)[C@@H]1CC[C@@](CO)(CC(=O)N(C)C)C[C@H]1c1ccc(C=O)cc1. The van der Waals surface area contributed by atoms with Gasteiger partial charge in [-0.1, -0.05) is 36.4 Å². The minimum Gasteiger partial charge on any atom is -0.396 e. The fourth-order valence-corrected chi connectivity index (χ4v) is 3.97. The number of rotatable bonds is 6. The van der Waals surface area contributed by atoms with Crippen molar-refractivity contribution in [1.82, 2.24) is 4.90 Å².